The van der Waals surface area contributed by atoms with Crippen molar-refractivity contribution < 1.29 is 17.9 Å². The highest BCUT2D eigenvalue weighted by Gasteiger charge is 2.30. The normalized spacial score (nSPS) is 28.2. The van der Waals surface area contributed by atoms with Crippen LogP contribution in [0.4, 0.5) is 0 Å². The van der Waals surface area contributed by atoms with Crippen molar-refractivity contribution >= 4 is 10.2 Å². The van der Waals surface area contributed by atoms with E-state index in [0.717, 1.165) is 0 Å². The first-order chi connectivity index (χ1) is 7.45. The molecular formula is C9H20N2O4S. The zero-order valence-corrected chi connectivity index (χ0v) is 10.8. The van der Waals surface area contributed by atoms with Gasteiger partial charge in [-0.25, -0.2) is 0 Å². The van der Waals surface area contributed by atoms with Crippen LogP contribution < -0.4 is 4.72 Å². The van der Waals surface area contributed by atoms with Crippen LogP contribution in [-0.4, -0.2) is 58.3 Å². The van der Waals surface area contributed by atoms with E-state index in [1.807, 2.05) is 13.8 Å². The molecule has 16 heavy (non-hydrogen) atoms. The van der Waals surface area contributed by atoms with Crippen molar-refractivity contribution in [2.24, 2.45) is 0 Å². The van der Waals surface area contributed by atoms with Gasteiger partial charge in [-0.2, -0.15) is 17.4 Å². The van der Waals surface area contributed by atoms with Crippen molar-refractivity contribution in [1.82, 2.24) is 9.03 Å². The van der Waals surface area contributed by atoms with E-state index in [1.165, 1.54) is 11.4 Å². The molecule has 0 saturated carbocycles. The Balaban J connectivity index is 2.53. The second kappa shape index (κ2) is 5.92. The molecule has 0 radical (unpaired) electrons. The Hall–Kier alpha value is -0.210. The first-order valence-electron chi connectivity index (χ1n) is 5.35. The molecule has 0 aliphatic carbocycles. The Kier molecular flexibility index (Phi) is 5.13. The Morgan fingerprint density at radius 3 is 2.44 bits per heavy atom. The maximum atomic E-state index is 11.9. The topological polar surface area (TPSA) is 67.9 Å². The van der Waals surface area contributed by atoms with Crippen LogP contribution in [0.15, 0.2) is 0 Å². The Morgan fingerprint density at radius 2 is 1.94 bits per heavy atom. The SMILES string of the molecule is COCCNS(=O)(=O)N1CC(C)OC(C)C1. The third kappa shape index (κ3) is 3.99. The van der Waals surface area contributed by atoms with Crippen LogP contribution in [0.3, 0.4) is 0 Å². The molecule has 1 saturated heterocycles. The highest BCUT2D eigenvalue weighted by molar-refractivity contribution is 7.87. The third-order valence-electron chi connectivity index (χ3n) is 2.32. The summed E-state index contributed by atoms with van der Waals surface area (Å²) >= 11 is 0. The van der Waals surface area contributed by atoms with Gasteiger partial charge in [0.2, 0.25) is 0 Å². The molecule has 6 nitrogen and oxygen atoms in total. The maximum Gasteiger partial charge on any atom is 0.279 e. The molecule has 0 bridgehead atoms. The molecule has 0 aromatic rings. The smallest absolute Gasteiger partial charge is 0.279 e. The van der Waals surface area contributed by atoms with Crippen LogP contribution in [0.25, 0.3) is 0 Å². The van der Waals surface area contributed by atoms with Gasteiger partial charge in [0.05, 0.1) is 18.8 Å². The standard InChI is InChI=1S/C9H20N2O4S/c1-8-6-11(7-9(2)15-8)16(12,13)10-4-5-14-3/h8-10H,4-7H2,1-3H3. The molecule has 1 fully saturated rings. The maximum absolute atomic E-state index is 11.9. The highest BCUT2D eigenvalue weighted by atomic mass is 32.2. The van der Waals surface area contributed by atoms with Crippen LogP contribution in [0, 0.1) is 0 Å². The summed E-state index contributed by atoms with van der Waals surface area (Å²) in [4.78, 5) is 0. The Labute approximate surface area is 97.1 Å². The number of nitrogens with one attached hydrogen (secondary N) is 1. The van der Waals surface area contributed by atoms with Crippen LogP contribution in [0.1, 0.15) is 13.8 Å². The van der Waals surface area contributed by atoms with E-state index in [0.29, 0.717) is 26.2 Å². The van der Waals surface area contributed by atoms with E-state index in [4.69, 9.17) is 9.47 Å². The summed E-state index contributed by atoms with van der Waals surface area (Å²) in [6.45, 7) is 5.19. The first-order valence-corrected chi connectivity index (χ1v) is 6.79. The summed E-state index contributed by atoms with van der Waals surface area (Å²) in [6.07, 6.45) is -0.134. The van der Waals surface area contributed by atoms with Crippen LogP contribution in [-0.2, 0) is 19.7 Å². The molecule has 1 N–H and O–H groups in total. The molecular weight excluding hydrogens is 232 g/mol. The quantitative estimate of drug-likeness (QED) is 0.675. The van der Waals surface area contributed by atoms with E-state index in [2.05, 4.69) is 4.72 Å². The molecule has 0 amide bonds. The second-order valence-electron chi connectivity index (χ2n) is 3.97. The summed E-state index contributed by atoms with van der Waals surface area (Å²) in [5.74, 6) is 0. The Morgan fingerprint density at radius 1 is 1.38 bits per heavy atom. The van der Waals surface area contributed by atoms with Gasteiger partial charge in [-0.3, -0.25) is 0 Å². The van der Waals surface area contributed by atoms with Gasteiger partial charge in [0.1, 0.15) is 0 Å². The van der Waals surface area contributed by atoms with Crippen molar-refractivity contribution in [3.63, 3.8) is 0 Å². The largest absolute Gasteiger partial charge is 0.383 e. The fourth-order valence-corrected chi connectivity index (χ4v) is 3.03. The molecule has 2 atom stereocenters. The monoisotopic (exact) mass is 252 g/mol. The zero-order valence-electron chi connectivity index (χ0n) is 9.97. The van der Waals surface area contributed by atoms with Gasteiger partial charge >= 0.3 is 0 Å². The Bertz CT molecular complexity index is 297. The molecule has 1 aliphatic heterocycles. The summed E-state index contributed by atoms with van der Waals surface area (Å²) in [5, 5.41) is 0. The molecule has 1 rings (SSSR count). The lowest BCUT2D eigenvalue weighted by Gasteiger charge is -2.34. The van der Waals surface area contributed by atoms with Gasteiger partial charge in [-0.1, -0.05) is 0 Å². The molecule has 1 heterocycles. The summed E-state index contributed by atoms with van der Waals surface area (Å²) in [6, 6.07) is 0. The lowest BCUT2D eigenvalue weighted by Crippen LogP contribution is -2.52. The lowest BCUT2D eigenvalue weighted by molar-refractivity contribution is -0.0444. The summed E-state index contributed by atoms with van der Waals surface area (Å²) in [7, 11) is -1.86. The van der Waals surface area contributed by atoms with Gasteiger partial charge in [0, 0.05) is 26.7 Å². The van der Waals surface area contributed by atoms with Crippen molar-refractivity contribution in [1.29, 1.82) is 0 Å². The fraction of sp³-hybridized carbons (Fsp3) is 1.00. The number of nitrogens with zero attached hydrogens (tertiary/aromatic N) is 1. The molecule has 96 valence electrons. The van der Waals surface area contributed by atoms with Crippen LogP contribution in [0.5, 0.6) is 0 Å². The van der Waals surface area contributed by atoms with Crippen molar-refractivity contribution in [2.75, 3.05) is 33.4 Å². The predicted molar refractivity (Wildman–Crippen MR) is 60.4 cm³/mol. The van der Waals surface area contributed by atoms with Crippen molar-refractivity contribution in [3.8, 4) is 0 Å². The molecule has 7 heteroatoms. The lowest BCUT2D eigenvalue weighted by atomic mass is 10.3. The van der Waals surface area contributed by atoms with E-state index < -0.39 is 10.2 Å². The van der Waals surface area contributed by atoms with Crippen molar-refractivity contribution in [3.05, 3.63) is 0 Å². The number of ether oxygens (including phenoxy) is 2. The molecule has 0 aromatic carbocycles. The number of morpholine rings is 1. The number of hydrogen-bond donors (Lipinski definition) is 1. The van der Waals surface area contributed by atoms with Crippen LogP contribution >= 0.6 is 0 Å². The minimum atomic E-state index is -3.40. The van der Waals surface area contributed by atoms with Gasteiger partial charge in [0.25, 0.3) is 10.2 Å². The van der Waals surface area contributed by atoms with Gasteiger partial charge in [0.15, 0.2) is 0 Å². The third-order valence-corrected chi connectivity index (χ3v) is 3.86. The van der Waals surface area contributed by atoms with E-state index in [9.17, 15) is 8.42 Å². The van der Waals surface area contributed by atoms with Gasteiger partial charge in [-0.15, -0.1) is 0 Å². The minimum absolute atomic E-state index is 0.0669. The fourth-order valence-electron chi connectivity index (χ4n) is 1.69. The second-order valence-corrected chi connectivity index (χ2v) is 5.72. The van der Waals surface area contributed by atoms with Crippen LogP contribution in [0.2, 0.25) is 0 Å². The average molecular weight is 252 g/mol. The minimum Gasteiger partial charge on any atom is -0.383 e. The average Bonchev–Trinajstić information content (AvgIpc) is 2.16. The summed E-state index contributed by atoms with van der Waals surface area (Å²) in [5.41, 5.74) is 0. The predicted octanol–water partition coefficient (Wildman–Crippen LogP) is -0.424. The molecule has 0 aromatic heterocycles. The molecule has 0 spiro atoms. The van der Waals surface area contributed by atoms with Crippen molar-refractivity contribution in [2.45, 2.75) is 26.1 Å². The molecule has 1 aliphatic rings. The summed E-state index contributed by atoms with van der Waals surface area (Å²) < 4.78 is 37.9. The van der Waals surface area contributed by atoms with Gasteiger partial charge < -0.3 is 9.47 Å². The highest BCUT2D eigenvalue weighted by Crippen LogP contribution is 2.13. The number of hydrogen-bond acceptors (Lipinski definition) is 4. The zero-order chi connectivity index (χ0) is 12.2. The number of rotatable bonds is 5. The number of methoxy groups -OCH3 is 1. The van der Waals surface area contributed by atoms with Gasteiger partial charge in [-0.05, 0) is 13.8 Å². The molecule has 2 unspecified atom stereocenters. The first kappa shape index (κ1) is 13.9. The van der Waals surface area contributed by atoms with E-state index in [1.54, 1.807) is 0 Å². The van der Waals surface area contributed by atoms with E-state index in [-0.39, 0.29) is 12.2 Å². The van der Waals surface area contributed by atoms with E-state index >= 15 is 0 Å².